The number of unbranched alkanes of at least 4 members (excludes halogenated alkanes) is 3. The van der Waals surface area contributed by atoms with E-state index in [4.69, 9.17) is 11.5 Å². The summed E-state index contributed by atoms with van der Waals surface area (Å²) in [6, 6.07) is 4.00. The van der Waals surface area contributed by atoms with E-state index in [1.165, 1.54) is 12.2 Å². The number of primary amides is 2. The van der Waals surface area contributed by atoms with Crippen molar-refractivity contribution in [3.8, 4) is 11.5 Å². The number of aromatic hydroxyl groups is 2. The smallest absolute Gasteiger partial charge is 0.241 e. The van der Waals surface area contributed by atoms with Gasteiger partial charge in [0.05, 0.1) is 0 Å². The molecule has 0 aliphatic rings. The molecule has 6 nitrogen and oxygen atoms in total. The molecule has 0 aliphatic heterocycles. The lowest BCUT2D eigenvalue weighted by Gasteiger charge is -2.31. The van der Waals surface area contributed by atoms with Crippen LogP contribution in [0.1, 0.15) is 153 Å². The van der Waals surface area contributed by atoms with E-state index in [0.29, 0.717) is 11.5 Å². The molecule has 0 aliphatic carbocycles. The van der Waals surface area contributed by atoms with Crippen molar-refractivity contribution in [2.24, 2.45) is 11.5 Å². The van der Waals surface area contributed by atoms with Crippen molar-refractivity contribution < 1.29 is 19.8 Å². The molecule has 254 valence electrons. The zero-order valence-corrected chi connectivity index (χ0v) is 30.6. The molecule has 0 heterocycles. The van der Waals surface area contributed by atoms with Gasteiger partial charge in [0.2, 0.25) is 11.8 Å². The van der Waals surface area contributed by atoms with E-state index >= 15 is 0 Å². The first-order valence-electron chi connectivity index (χ1n) is 16.6. The maximum atomic E-state index is 11.7. The van der Waals surface area contributed by atoms with E-state index in [2.05, 4.69) is 83.1 Å². The highest BCUT2D eigenvalue weighted by molar-refractivity contribution is 5.91. The normalized spacial score (nSPS) is 13.2. The van der Waals surface area contributed by atoms with Crippen LogP contribution in [0.4, 0.5) is 0 Å². The van der Waals surface area contributed by atoms with E-state index in [0.717, 1.165) is 83.0 Å². The summed E-state index contributed by atoms with van der Waals surface area (Å²) in [5.41, 5.74) is 17.2. The number of phenolic OH excluding ortho intramolecular Hbond substituents is 2. The van der Waals surface area contributed by atoms with Gasteiger partial charge >= 0.3 is 0 Å². The topological polar surface area (TPSA) is 127 Å². The summed E-state index contributed by atoms with van der Waals surface area (Å²) in [5, 5.41) is 23.1. The summed E-state index contributed by atoms with van der Waals surface area (Å²) < 4.78 is 0. The maximum Gasteiger partial charge on any atom is 0.241 e. The highest BCUT2D eigenvalue weighted by Crippen LogP contribution is 2.45. The lowest BCUT2D eigenvalue weighted by Crippen LogP contribution is -2.20. The molecule has 0 unspecified atom stereocenters. The average molecular weight is 633 g/mol. The maximum absolute atomic E-state index is 11.7. The van der Waals surface area contributed by atoms with Crippen LogP contribution in [0.25, 0.3) is 12.2 Å². The molecule has 0 saturated heterocycles. The summed E-state index contributed by atoms with van der Waals surface area (Å²) in [7, 11) is 0. The summed E-state index contributed by atoms with van der Waals surface area (Å²) in [6.45, 7) is 25.1. The number of nitrogens with two attached hydrogens (primary N) is 2. The molecule has 2 aromatic rings. The van der Waals surface area contributed by atoms with Gasteiger partial charge in [0.25, 0.3) is 0 Å². The van der Waals surface area contributed by atoms with Crippen LogP contribution in [0.5, 0.6) is 11.5 Å². The van der Waals surface area contributed by atoms with Gasteiger partial charge in [-0.3, -0.25) is 9.59 Å². The van der Waals surface area contributed by atoms with Crippen LogP contribution in [-0.2, 0) is 44.1 Å². The lowest BCUT2D eigenvalue weighted by molar-refractivity contribution is -0.114. The second-order valence-corrected chi connectivity index (χ2v) is 16.8. The number of hydrogen-bond acceptors (Lipinski definition) is 4. The van der Waals surface area contributed by atoms with E-state index < -0.39 is 11.8 Å². The second kappa shape index (κ2) is 14.5. The molecule has 0 atom stereocenters. The highest BCUT2D eigenvalue weighted by Gasteiger charge is 2.31. The number of phenols is 2. The Morgan fingerprint density at radius 2 is 0.870 bits per heavy atom. The van der Waals surface area contributed by atoms with E-state index in [9.17, 15) is 19.8 Å². The molecular formula is C40H60N2O4. The molecule has 2 rings (SSSR count). The predicted molar refractivity (Wildman–Crippen MR) is 193 cm³/mol. The summed E-state index contributed by atoms with van der Waals surface area (Å²) in [6.07, 6.45) is 11.6. The molecule has 0 fully saturated rings. The fourth-order valence-electron chi connectivity index (χ4n) is 6.36. The fraction of sp³-hybridized carbons (Fsp3) is 0.550. The van der Waals surface area contributed by atoms with E-state index in [1.807, 2.05) is 12.1 Å². The number of amides is 2. The van der Waals surface area contributed by atoms with Crippen molar-refractivity contribution in [2.45, 2.75) is 143 Å². The van der Waals surface area contributed by atoms with Gasteiger partial charge in [-0.05, 0) is 93.9 Å². The van der Waals surface area contributed by atoms with Crippen molar-refractivity contribution in [1.29, 1.82) is 0 Å². The Bertz CT molecular complexity index is 1370. The van der Waals surface area contributed by atoms with E-state index in [-0.39, 0.29) is 21.7 Å². The van der Waals surface area contributed by atoms with Crippen molar-refractivity contribution in [2.75, 3.05) is 0 Å². The summed E-state index contributed by atoms with van der Waals surface area (Å²) in [4.78, 5) is 23.4. The Morgan fingerprint density at radius 1 is 0.565 bits per heavy atom. The largest absolute Gasteiger partial charge is 0.507 e. The Hall–Kier alpha value is -3.54. The van der Waals surface area contributed by atoms with Gasteiger partial charge in [0.15, 0.2) is 0 Å². The predicted octanol–water partition coefficient (Wildman–Crippen LogP) is 8.63. The van der Waals surface area contributed by atoms with Crippen LogP contribution in [0, 0.1) is 0 Å². The number of benzene rings is 2. The molecular weight excluding hydrogens is 572 g/mol. The molecule has 2 amide bonds. The first-order chi connectivity index (χ1) is 20.9. The molecule has 0 bridgehead atoms. The Labute approximate surface area is 278 Å². The molecule has 0 saturated carbocycles. The molecule has 0 spiro atoms. The van der Waals surface area contributed by atoms with Crippen molar-refractivity contribution in [3.05, 3.63) is 68.8 Å². The molecule has 6 N–H and O–H groups in total. The minimum Gasteiger partial charge on any atom is -0.507 e. The van der Waals surface area contributed by atoms with Crippen LogP contribution < -0.4 is 11.5 Å². The number of hydrogen-bond donors (Lipinski definition) is 4. The molecule has 0 aromatic heterocycles. The molecule has 6 heteroatoms. The molecule has 46 heavy (non-hydrogen) atoms. The van der Waals surface area contributed by atoms with Gasteiger partial charge in [-0.25, -0.2) is 0 Å². The van der Waals surface area contributed by atoms with Gasteiger partial charge in [-0.1, -0.05) is 95.9 Å². The third kappa shape index (κ3) is 9.98. The monoisotopic (exact) mass is 632 g/mol. The van der Waals surface area contributed by atoms with Gasteiger partial charge in [-0.15, -0.1) is 0 Å². The standard InChI is InChI=1S/C40H60N2O4/c1-37(2,3)29-23-25(19-21-31(41)43)27(33(35(29)45)39(7,8)9)17-15-13-14-16-18-28-26(20-22-32(42)44)24-30(38(4,5)6)36(46)34(28)40(10,11)12/h19-24,45-46H,13-18H2,1-12H3,(H2,41,43)(H2,42,44)/b21-19+,22-20+. The quantitative estimate of drug-likeness (QED) is 0.146. The average Bonchev–Trinajstić information content (AvgIpc) is 2.86. The van der Waals surface area contributed by atoms with Gasteiger partial charge in [0, 0.05) is 34.4 Å². The zero-order chi connectivity index (χ0) is 35.4. The first kappa shape index (κ1) is 38.6. The first-order valence-corrected chi connectivity index (χ1v) is 16.6. The molecule has 2 aromatic carbocycles. The minimum absolute atomic E-state index is 0.283. The van der Waals surface area contributed by atoms with Crippen LogP contribution in [0.15, 0.2) is 24.3 Å². The Balaban J connectivity index is 2.42. The summed E-state index contributed by atoms with van der Waals surface area (Å²) >= 11 is 0. The van der Waals surface area contributed by atoms with Crippen molar-refractivity contribution >= 4 is 24.0 Å². The number of carbonyl (C=O) groups excluding carboxylic acids is 2. The molecule has 0 radical (unpaired) electrons. The van der Waals surface area contributed by atoms with Gasteiger partial charge < -0.3 is 21.7 Å². The van der Waals surface area contributed by atoms with E-state index in [1.54, 1.807) is 12.2 Å². The highest BCUT2D eigenvalue weighted by atomic mass is 16.3. The SMILES string of the molecule is CC(C)(C)c1cc(/C=C/C(N)=O)c(CCCCCCc2c(/C=C/C(N)=O)cc(C(C)(C)C)c(O)c2C(C)(C)C)c(C(C)(C)C)c1O. The lowest BCUT2D eigenvalue weighted by atomic mass is 9.74. The minimum atomic E-state index is -0.505. The number of rotatable bonds is 11. The fourth-order valence-corrected chi connectivity index (χ4v) is 6.36. The Kier molecular flexibility index (Phi) is 12.2. The van der Waals surface area contributed by atoms with Crippen molar-refractivity contribution in [1.82, 2.24) is 0 Å². The van der Waals surface area contributed by atoms with Crippen molar-refractivity contribution in [3.63, 3.8) is 0 Å². The Morgan fingerprint density at radius 3 is 1.11 bits per heavy atom. The van der Waals surface area contributed by atoms with Crippen LogP contribution in [0.2, 0.25) is 0 Å². The summed E-state index contributed by atoms with van der Waals surface area (Å²) in [5.74, 6) is -0.350. The van der Waals surface area contributed by atoms with Gasteiger partial charge in [0.1, 0.15) is 11.5 Å². The van der Waals surface area contributed by atoms with Crippen LogP contribution >= 0.6 is 0 Å². The number of carbonyl (C=O) groups is 2. The third-order valence-corrected chi connectivity index (χ3v) is 8.46. The second-order valence-electron chi connectivity index (χ2n) is 16.8. The zero-order valence-electron chi connectivity index (χ0n) is 30.6. The van der Waals surface area contributed by atoms with Gasteiger partial charge in [-0.2, -0.15) is 0 Å². The van der Waals surface area contributed by atoms with Crippen LogP contribution in [-0.4, -0.2) is 22.0 Å². The third-order valence-electron chi connectivity index (χ3n) is 8.46. The van der Waals surface area contributed by atoms with Crippen LogP contribution in [0.3, 0.4) is 0 Å².